The van der Waals surface area contributed by atoms with Gasteiger partial charge in [0.15, 0.2) is 0 Å². The minimum atomic E-state index is -0.512. The number of imidazole rings is 1. The van der Waals surface area contributed by atoms with Gasteiger partial charge < -0.3 is 15.2 Å². The standard InChI is InChI=1S/C21H28N4O2/c1-16(24-21(27)18-9-5-6-10-18)20(26)23-12-11-19-22-13-14-25(19)15-17-7-3-2-4-8-17/h2-4,7-8,13-14,16,18H,5-6,9-12,15H2,1H3,(H,23,26)(H,24,27)/t16-/m0/s1. The van der Waals surface area contributed by atoms with E-state index in [1.54, 1.807) is 13.1 Å². The smallest absolute Gasteiger partial charge is 0.242 e. The summed E-state index contributed by atoms with van der Waals surface area (Å²) in [5.41, 5.74) is 1.21. The van der Waals surface area contributed by atoms with Crippen molar-refractivity contribution in [3.63, 3.8) is 0 Å². The molecule has 1 aromatic heterocycles. The van der Waals surface area contributed by atoms with Crippen LogP contribution in [0.2, 0.25) is 0 Å². The Morgan fingerprint density at radius 1 is 1.22 bits per heavy atom. The second-order valence-electron chi connectivity index (χ2n) is 7.21. The van der Waals surface area contributed by atoms with Gasteiger partial charge >= 0.3 is 0 Å². The lowest BCUT2D eigenvalue weighted by molar-refractivity contribution is -0.130. The highest BCUT2D eigenvalue weighted by Crippen LogP contribution is 2.24. The van der Waals surface area contributed by atoms with E-state index < -0.39 is 6.04 Å². The first-order valence-electron chi connectivity index (χ1n) is 9.75. The molecule has 1 saturated carbocycles. The molecular weight excluding hydrogens is 340 g/mol. The van der Waals surface area contributed by atoms with Crippen LogP contribution in [-0.2, 0) is 22.6 Å². The molecule has 1 aliphatic carbocycles. The molecule has 6 heteroatoms. The van der Waals surface area contributed by atoms with E-state index >= 15 is 0 Å². The van der Waals surface area contributed by atoms with E-state index in [-0.39, 0.29) is 17.7 Å². The van der Waals surface area contributed by atoms with Crippen LogP contribution < -0.4 is 10.6 Å². The summed E-state index contributed by atoms with van der Waals surface area (Å²) in [5, 5.41) is 5.74. The predicted molar refractivity (Wildman–Crippen MR) is 104 cm³/mol. The van der Waals surface area contributed by atoms with Gasteiger partial charge in [0, 0.05) is 37.8 Å². The normalized spacial score (nSPS) is 15.4. The monoisotopic (exact) mass is 368 g/mol. The topological polar surface area (TPSA) is 76.0 Å². The van der Waals surface area contributed by atoms with Crippen LogP contribution in [-0.4, -0.2) is 34.0 Å². The van der Waals surface area contributed by atoms with Crippen LogP contribution in [0.5, 0.6) is 0 Å². The van der Waals surface area contributed by atoms with Crippen molar-refractivity contribution in [2.24, 2.45) is 5.92 Å². The number of benzene rings is 1. The average Bonchev–Trinajstić information content (AvgIpc) is 3.35. The summed E-state index contributed by atoms with van der Waals surface area (Å²) in [5.74, 6) is 0.864. The van der Waals surface area contributed by atoms with Crippen LogP contribution in [0.4, 0.5) is 0 Å². The lowest BCUT2D eigenvalue weighted by Crippen LogP contribution is -2.46. The molecule has 27 heavy (non-hydrogen) atoms. The summed E-state index contributed by atoms with van der Waals surface area (Å²) in [6.07, 6.45) is 8.46. The molecule has 0 bridgehead atoms. The largest absolute Gasteiger partial charge is 0.354 e. The van der Waals surface area contributed by atoms with E-state index in [4.69, 9.17) is 0 Å². The highest BCUT2D eigenvalue weighted by atomic mass is 16.2. The van der Waals surface area contributed by atoms with Crippen molar-refractivity contribution < 1.29 is 9.59 Å². The summed E-state index contributed by atoms with van der Waals surface area (Å²) in [6.45, 7) is 2.99. The number of hydrogen-bond donors (Lipinski definition) is 2. The zero-order valence-electron chi connectivity index (χ0n) is 15.9. The van der Waals surface area contributed by atoms with Crippen molar-refractivity contribution in [2.45, 2.75) is 51.6 Å². The predicted octanol–water partition coefficient (Wildman–Crippen LogP) is 2.29. The highest BCUT2D eigenvalue weighted by Gasteiger charge is 2.25. The van der Waals surface area contributed by atoms with E-state index in [0.29, 0.717) is 13.0 Å². The van der Waals surface area contributed by atoms with Crippen molar-refractivity contribution in [3.8, 4) is 0 Å². The van der Waals surface area contributed by atoms with Crippen molar-refractivity contribution in [3.05, 3.63) is 54.1 Å². The third-order valence-electron chi connectivity index (χ3n) is 5.12. The van der Waals surface area contributed by atoms with E-state index in [1.165, 1.54) is 5.56 Å². The van der Waals surface area contributed by atoms with Gasteiger partial charge in [0.25, 0.3) is 0 Å². The van der Waals surface area contributed by atoms with E-state index in [9.17, 15) is 9.59 Å². The Bertz CT molecular complexity index is 751. The Balaban J connectivity index is 1.43. The number of nitrogens with zero attached hydrogens (tertiary/aromatic N) is 2. The van der Waals surface area contributed by atoms with E-state index in [2.05, 4.69) is 32.3 Å². The molecule has 2 N–H and O–H groups in total. The molecule has 1 aromatic carbocycles. The quantitative estimate of drug-likeness (QED) is 0.751. The molecule has 6 nitrogen and oxygen atoms in total. The van der Waals surface area contributed by atoms with Crippen LogP contribution in [0.15, 0.2) is 42.7 Å². The summed E-state index contributed by atoms with van der Waals surface area (Å²) >= 11 is 0. The Labute approximate surface area is 160 Å². The number of carbonyl (C=O) groups excluding carboxylic acids is 2. The van der Waals surface area contributed by atoms with Gasteiger partial charge in [0.1, 0.15) is 11.9 Å². The fourth-order valence-electron chi connectivity index (χ4n) is 3.53. The number of aromatic nitrogens is 2. The molecule has 0 spiro atoms. The molecule has 3 rings (SSSR count). The van der Waals surface area contributed by atoms with Gasteiger partial charge in [0.05, 0.1) is 0 Å². The maximum absolute atomic E-state index is 12.2. The number of amides is 2. The van der Waals surface area contributed by atoms with Crippen LogP contribution in [0.1, 0.15) is 44.0 Å². The van der Waals surface area contributed by atoms with Crippen molar-refractivity contribution >= 4 is 11.8 Å². The molecule has 1 atom stereocenters. The Morgan fingerprint density at radius 3 is 2.70 bits per heavy atom. The zero-order valence-corrected chi connectivity index (χ0v) is 15.9. The Morgan fingerprint density at radius 2 is 1.96 bits per heavy atom. The lowest BCUT2D eigenvalue weighted by atomic mass is 10.1. The molecule has 2 aromatic rings. The fraction of sp³-hybridized carbons (Fsp3) is 0.476. The molecule has 0 aliphatic heterocycles. The molecule has 144 valence electrons. The van der Waals surface area contributed by atoms with Gasteiger partial charge in [0.2, 0.25) is 11.8 Å². The Hall–Kier alpha value is -2.63. The van der Waals surface area contributed by atoms with Gasteiger partial charge in [-0.05, 0) is 25.3 Å². The van der Waals surface area contributed by atoms with Gasteiger partial charge in [-0.2, -0.15) is 0 Å². The SMILES string of the molecule is C[C@H](NC(=O)C1CCCC1)C(=O)NCCc1nccn1Cc1ccccc1. The minimum Gasteiger partial charge on any atom is -0.354 e. The van der Waals surface area contributed by atoms with Gasteiger partial charge in [-0.3, -0.25) is 9.59 Å². The fourth-order valence-corrected chi connectivity index (χ4v) is 3.53. The molecule has 1 heterocycles. The third-order valence-corrected chi connectivity index (χ3v) is 5.12. The first-order chi connectivity index (χ1) is 13.1. The Kier molecular flexibility index (Phi) is 6.63. The van der Waals surface area contributed by atoms with E-state index in [0.717, 1.165) is 38.1 Å². The van der Waals surface area contributed by atoms with Crippen LogP contribution in [0.25, 0.3) is 0 Å². The minimum absolute atomic E-state index is 0.00792. The summed E-state index contributed by atoms with van der Waals surface area (Å²) in [4.78, 5) is 28.8. The second-order valence-corrected chi connectivity index (χ2v) is 7.21. The van der Waals surface area contributed by atoms with Crippen LogP contribution >= 0.6 is 0 Å². The third kappa shape index (κ3) is 5.42. The molecule has 0 unspecified atom stereocenters. The van der Waals surface area contributed by atoms with Crippen molar-refractivity contribution in [1.29, 1.82) is 0 Å². The molecule has 1 fully saturated rings. The zero-order chi connectivity index (χ0) is 19.1. The summed E-state index contributed by atoms with van der Waals surface area (Å²) in [7, 11) is 0. The first kappa shape index (κ1) is 19.1. The number of hydrogen-bond acceptors (Lipinski definition) is 3. The van der Waals surface area contributed by atoms with Gasteiger partial charge in [-0.1, -0.05) is 43.2 Å². The van der Waals surface area contributed by atoms with Crippen LogP contribution in [0, 0.1) is 5.92 Å². The molecule has 0 saturated heterocycles. The molecule has 0 radical (unpaired) electrons. The molecule has 1 aliphatic rings. The maximum atomic E-state index is 12.2. The average molecular weight is 368 g/mol. The van der Waals surface area contributed by atoms with Crippen molar-refractivity contribution in [2.75, 3.05) is 6.54 Å². The highest BCUT2D eigenvalue weighted by molar-refractivity contribution is 5.88. The molecular formula is C21H28N4O2. The van der Waals surface area contributed by atoms with Crippen molar-refractivity contribution in [1.82, 2.24) is 20.2 Å². The van der Waals surface area contributed by atoms with Gasteiger partial charge in [-0.15, -0.1) is 0 Å². The maximum Gasteiger partial charge on any atom is 0.242 e. The van der Waals surface area contributed by atoms with Crippen LogP contribution in [0.3, 0.4) is 0 Å². The first-order valence-corrected chi connectivity index (χ1v) is 9.75. The second kappa shape index (κ2) is 9.35. The number of nitrogens with one attached hydrogen (secondary N) is 2. The molecule has 2 amide bonds. The lowest BCUT2D eigenvalue weighted by Gasteiger charge is -2.17. The number of carbonyl (C=O) groups is 2. The number of rotatable bonds is 8. The summed E-state index contributed by atoms with van der Waals surface area (Å²) in [6, 6.07) is 9.70. The van der Waals surface area contributed by atoms with E-state index in [1.807, 2.05) is 24.4 Å². The van der Waals surface area contributed by atoms with Gasteiger partial charge in [-0.25, -0.2) is 4.98 Å². The summed E-state index contributed by atoms with van der Waals surface area (Å²) < 4.78 is 2.09.